The molecule has 2 rings (SSSR count). The van der Waals surface area contributed by atoms with Crippen molar-refractivity contribution >= 4 is 5.91 Å². The second-order valence-electron chi connectivity index (χ2n) is 5.03. The fourth-order valence-electron chi connectivity index (χ4n) is 1.81. The number of aryl methyl sites for hydroxylation is 1. The number of aromatic nitrogens is 5. The van der Waals surface area contributed by atoms with Gasteiger partial charge in [0.05, 0.1) is 12.7 Å². The Kier molecular flexibility index (Phi) is 4.63. The molecule has 2 aromatic rings. The molecule has 1 amide bonds. The molecule has 0 saturated heterocycles. The van der Waals surface area contributed by atoms with Gasteiger partial charge in [-0.25, -0.2) is 0 Å². The van der Waals surface area contributed by atoms with Crippen LogP contribution in [0.25, 0.3) is 0 Å². The molecule has 1 atom stereocenters. The lowest BCUT2D eigenvalue weighted by molar-refractivity contribution is 0.0908. The van der Waals surface area contributed by atoms with E-state index in [2.05, 4.69) is 25.8 Å². The van der Waals surface area contributed by atoms with E-state index in [0.29, 0.717) is 24.8 Å². The zero-order valence-electron chi connectivity index (χ0n) is 12.3. The highest BCUT2D eigenvalue weighted by Crippen LogP contribution is 2.20. The van der Waals surface area contributed by atoms with E-state index in [1.165, 1.54) is 4.68 Å². The summed E-state index contributed by atoms with van der Waals surface area (Å²) in [6.07, 6.45) is 1.55. The second-order valence-corrected chi connectivity index (χ2v) is 5.03. The Morgan fingerprint density at radius 2 is 2.29 bits per heavy atom. The van der Waals surface area contributed by atoms with Crippen molar-refractivity contribution in [1.29, 1.82) is 0 Å². The smallest absolute Gasteiger partial charge is 0.274 e. The maximum absolute atomic E-state index is 12.2. The number of carbonyl (C=O) groups is 1. The third-order valence-electron chi connectivity index (χ3n) is 2.89. The predicted molar refractivity (Wildman–Crippen MR) is 73.2 cm³/mol. The summed E-state index contributed by atoms with van der Waals surface area (Å²) in [5.74, 6) is 0.657. The number of amides is 1. The molecule has 2 aromatic heterocycles. The first-order valence-corrected chi connectivity index (χ1v) is 6.72. The molecule has 0 aromatic carbocycles. The summed E-state index contributed by atoms with van der Waals surface area (Å²) in [5.41, 5.74) is 5.66. The van der Waals surface area contributed by atoms with E-state index in [9.17, 15) is 4.79 Å². The Bertz CT molecular complexity index is 604. The Morgan fingerprint density at radius 3 is 2.86 bits per heavy atom. The third kappa shape index (κ3) is 3.63. The van der Waals surface area contributed by atoms with Crippen molar-refractivity contribution < 1.29 is 9.32 Å². The second kappa shape index (κ2) is 6.44. The maximum Gasteiger partial charge on any atom is 0.274 e. The van der Waals surface area contributed by atoms with Crippen LogP contribution in [0.4, 0.5) is 0 Å². The average molecular weight is 293 g/mol. The average Bonchev–Trinajstić information content (AvgIpc) is 3.05. The minimum absolute atomic E-state index is 0.0906. The van der Waals surface area contributed by atoms with E-state index in [-0.39, 0.29) is 23.6 Å². The summed E-state index contributed by atoms with van der Waals surface area (Å²) in [7, 11) is 0. The number of carbonyl (C=O) groups excluding carboxylic acids is 1. The summed E-state index contributed by atoms with van der Waals surface area (Å²) in [4.78, 5) is 16.4. The predicted octanol–water partition coefficient (Wildman–Crippen LogP) is 0.0553. The molecule has 9 heteroatoms. The van der Waals surface area contributed by atoms with Gasteiger partial charge >= 0.3 is 0 Å². The van der Waals surface area contributed by atoms with Crippen LogP contribution in [0.5, 0.6) is 0 Å². The molecule has 1 unspecified atom stereocenters. The molecule has 0 radical (unpaired) electrons. The van der Waals surface area contributed by atoms with E-state index >= 15 is 0 Å². The molecule has 2 heterocycles. The highest BCUT2D eigenvalue weighted by Gasteiger charge is 2.25. The van der Waals surface area contributed by atoms with Crippen LogP contribution in [0.3, 0.4) is 0 Å². The number of hydrogen-bond donors (Lipinski definition) is 2. The Balaban J connectivity index is 2.10. The van der Waals surface area contributed by atoms with Gasteiger partial charge in [-0.05, 0) is 12.8 Å². The summed E-state index contributed by atoms with van der Waals surface area (Å²) in [6, 6.07) is -0.377. The van der Waals surface area contributed by atoms with Crippen molar-refractivity contribution in [2.24, 2.45) is 11.7 Å². The van der Waals surface area contributed by atoms with Gasteiger partial charge in [-0.1, -0.05) is 24.2 Å². The van der Waals surface area contributed by atoms with E-state index in [1.807, 2.05) is 13.8 Å². The SMILES string of the molecule is Cc1noc(C(NC(=O)c2cn(CCN)nn2)C(C)C)n1. The zero-order chi connectivity index (χ0) is 15.4. The van der Waals surface area contributed by atoms with E-state index in [4.69, 9.17) is 10.3 Å². The van der Waals surface area contributed by atoms with Gasteiger partial charge in [0.1, 0.15) is 6.04 Å². The molecule has 21 heavy (non-hydrogen) atoms. The van der Waals surface area contributed by atoms with Gasteiger partial charge in [0.25, 0.3) is 5.91 Å². The lowest BCUT2D eigenvalue weighted by atomic mass is 10.0. The highest BCUT2D eigenvalue weighted by molar-refractivity contribution is 5.92. The quantitative estimate of drug-likeness (QED) is 0.771. The number of nitrogens with two attached hydrogens (primary N) is 1. The topological polar surface area (TPSA) is 125 Å². The van der Waals surface area contributed by atoms with Crippen LogP contribution < -0.4 is 11.1 Å². The van der Waals surface area contributed by atoms with Gasteiger partial charge < -0.3 is 15.6 Å². The number of rotatable bonds is 6. The minimum atomic E-state index is -0.377. The molecule has 0 aliphatic carbocycles. The van der Waals surface area contributed by atoms with Crippen LogP contribution in [-0.2, 0) is 6.54 Å². The number of hydrogen-bond acceptors (Lipinski definition) is 7. The van der Waals surface area contributed by atoms with Gasteiger partial charge in [-0.2, -0.15) is 4.98 Å². The van der Waals surface area contributed by atoms with Gasteiger partial charge in [-0.15, -0.1) is 5.10 Å². The first-order chi connectivity index (χ1) is 10.0. The van der Waals surface area contributed by atoms with E-state index in [1.54, 1.807) is 13.1 Å². The van der Waals surface area contributed by atoms with Crippen LogP contribution >= 0.6 is 0 Å². The maximum atomic E-state index is 12.2. The van der Waals surface area contributed by atoms with Gasteiger partial charge in [0.2, 0.25) is 5.89 Å². The van der Waals surface area contributed by atoms with Crippen molar-refractivity contribution in [2.75, 3.05) is 6.54 Å². The van der Waals surface area contributed by atoms with Crippen LogP contribution in [0.2, 0.25) is 0 Å². The summed E-state index contributed by atoms with van der Waals surface area (Å²) in [5, 5.41) is 14.2. The molecule has 114 valence electrons. The fraction of sp³-hybridized carbons (Fsp3) is 0.583. The lowest BCUT2D eigenvalue weighted by Gasteiger charge is -2.17. The summed E-state index contributed by atoms with van der Waals surface area (Å²) in [6.45, 7) is 6.58. The lowest BCUT2D eigenvalue weighted by Crippen LogP contribution is -2.32. The number of nitrogens with one attached hydrogen (secondary N) is 1. The molecule has 3 N–H and O–H groups in total. The van der Waals surface area contributed by atoms with Crippen molar-refractivity contribution in [3.63, 3.8) is 0 Å². The monoisotopic (exact) mass is 293 g/mol. The molecule has 0 aliphatic heterocycles. The van der Waals surface area contributed by atoms with Crippen molar-refractivity contribution in [1.82, 2.24) is 30.5 Å². The fourth-order valence-corrected chi connectivity index (χ4v) is 1.81. The van der Waals surface area contributed by atoms with Crippen molar-refractivity contribution in [3.8, 4) is 0 Å². The molecule has 0 saturated carbocycles. The van der Waals surface area contributed by atoms with Crippen LogP contribution in [0.1, 0.15) is 42.1 Å². The van der Waals surface area contributed by atoms with Crippen LogP contribution in [0, 0.1) is 12.8 Å². The molecule has 0 fully saturated rings. The Morgan fingerprint density at radius 1 is 1.52 bits per heavy atom. The van der Waals surface area contributed by atoms with Gasteiger partial charge in [0.15, 0.2) is 11.5 Å². The van der Waals surface area contributed by atoms with Crippen LogP contribution in [-0.4, -0.2) is 37.6 Å². The van der Waals surface area contributed by atoms with E-state index in [0.717, 1.165) is 0 Å². The third-order valence-corrected chi connectivity index (χ3v) is 2.89. The summed E-state index contributed by atoms with van der Waals surface area (Å²) < 4.78 is 6.66. The molecule has 9 nitrogen and oxygen atoms in total. The number of nitrogens with zero attached hydrogens (tertiary/aromatic N) is 5. The Labute approximate surface area is 121 Å². The van der Waals surface area contributed by atoms with Crippen LogP contribution in [0.15, 0.2) is 10.7 Å². The molecular weight excluding hydrogens is 274 g/mol. The minimum Gasteiger partial charge on any atom is -0.339 e. The standard InChI is InChI=1S/C12H19N7O2/c1-7(2)10(12-14-8(3)17-21-12)15-11(20)9-6-19(5-4-13)18-16-9/h6-7,10H,4-5,13H2,1-3H3,(H,15,20). The molecular formula is C12H19N7O2. The highest BCUT2D eigenvalue weighted by atomic mass is 16.5. The molecule has 0 bridgehead atoms. The summed E-state index contributed by atoms with van der Waals surface area (Å²) >= 11 is 0. The van der Waals surface area contributed by atoms with Crippen molar-refractivity contribution in [2.45, 2.75) is 33.4 Å². The molecule has 0 spiro atoms. The van der Waals surface area contributed by atoms with Gasteiger partial charge in [0, 0.05) is 6.54 Å². The largest absolute Gasteiger partial charge is 0.339 e. The first-order valence-electron chi connectivity index (χ1n) is 6.72. The molecule has 0 aliphatic rings. The van der Waals surface area contributed by atoms with E-state index < -0.39 is 0 Å². The van der Waals surface area contributed by atoms with Gasteiger partial charge in [-0.3, -0.25) is 9.48 Å². The Hall–Kier alpha value is -2.29. The first kappa shape index (κ1) is 15.1. The van der Waals surface area contributed by atoms with Crippen molar-refractivity contribution in [3.05, 3.63) is 23.6 Å². The normalized spacial score (nSPS) is 12.6. The zero-order valence-corrected chi connectivity index (χ0v) is 12.3.